The highest BCUT2D eigenvalue weighted by atomic mass is 16.5. The molecule has 2 aromatic carbocycles. The lowest BCUT2D eigenvalue weighted by atomic mass is 10.1. The van der Waals surface area contributed by atoms with Crippen LogP contribution in [0.15, 0.2) is 48.5 Å². The summed E-state index contributed by atoms with van der Waals surface area (Å²) in [5.41, 5.74) is 4.20. The largest absolute Gasteiger partial charge is 0.378 e. The number of hydrogen-bond donors (Lipinski definition) is 2. The number of hydrogen-bond acceptors (Lipinski definition) is 5. The van der Waals surface area contributed by atoms with Gasteiger partial charge in [-0.3, -0.25) is 4.79 Å². The molecular weight excluding hydrogens is 376 g/mol. The second-order valence-electron chi connectivity index (χ2n) is 8.10. The molecule has 2 aromatic rings. The molecule has 0 radical (unpaired) electrons. The normalized spacial score (nSPS) is 18.0. The van der Waals surface area contributed by atoms with Gasteiger partial charge in [-0.25, -0.2) is 0 Å². The summed E-state index contributed by atoms with van der Waals surface area (Å²) in [7, 11) is 0. The lowest BCUT2D eigenvalue weighted by molar-refractivity contribution is -0.116. The molecule has 0 saturated carbocycles. The zero-order valence-electron chi connectivity index (χ0n) is 17.8. The van der Waals surface area contributed by atoms with E-state index in [1.165, 1.54) is 24.9 Å². The van der Waals surface area contributed by atoms with Crippen LogP contribution in [0.4, 0.5) is 22.7 Å². The van der Waals surface area contributed by atoms with E-state index >= 15 is 0 Å². The predicted octanol–water partition coefficient (Wildman–Crippen LogP) is 3.95. The van der Waals surface area contributed by atoms with E-state index in [0.29, 0.717) is 0 Å². The van der Waals surface area contributed by atoms with Crippen LogP contribution in [0.2, 0.25) is 0 Å². The average molecular weight is 409 g/mol. The zero-order valence-corrected chi connectivity index (χ0v) is 17.8. The van der Waals surface area contributed by atoms with Crippen LogP contribution in [0.25, 0.3) is 0 Å². The van der Waals surface area contributed by atoms with Gasteiger partial charge in [-0.2, -0.15) is 0 Å². The molecule has 1 atom stereocenters. The first kappa shape index (κ1) is 20.5. The Balaban J connectivity index is 1.29. The number of carbonyl (C=O) groups excluding carboxylic acids is 1. The molecule has 6 heteroatoms. The Morgan fingerprint density at radius 2 is 1.33 bits per heavy atom. The number of nitrogens with one attached hydrogen (secondary N) is 2. The van der Waals surface area contributed by atoms with Gasteiger partial charge in [0.25, 0.3) is 0 Å². The van der Waals surface area contributed by atoms with Crippen molar-refractivity contribution in [1.29, 1.82) is 0 Å². The molecule has 2 N–H and O–H groups in total. The second kappa shape index (κ2) is 9.85. The number of benzene rings is 2. The van der Waals surface area contributed by atoms with Gasteiger partial charge in [0.2, 0.25) is 5.91 Å². The van der Waals surface area contributed by atoms with Crippen LogP contribution >= 0.6 is 0 Å². The molecule has 6 nitrogen and oxygen atoms in total. The molecule has 1 amide bonds. The summed E-state index contributed by atoms with van der Waals surface area (Å²) in [4.78, 5) is 17.3. The summed E-state index contributed by atoms with van der Waals surface area (Å²) in [6.45, 7) is 7.50. The minimum atomic E-state index is -0.329. The molecule has 30 heavy (non-hydrogen) atoms. The summed E-state index contributed by atoms with van der Waals surface area (Å²) in [5.74, 6) is -0.0470. The maximum atomic E-state index is 12.6. The fraction of sp³-hybridized carbons (Fsp3) is 0.458. The van der Waals surface area contributed by atoms with Crippen molar-refractivity contribution in [2.75, 3.05) is 59.8 Å². The Hall–Kier alpha value is -2.73. The molecule has 160 valence electrons. The van der Waals surface area contributed by atoms with Gasteiger partial charge in [-0.15, -0.1) is 0 Å². The molecule has 2 aliphatic rings. The Morgan fingerprint density at radius 1 is 0.800 bits per heavy atom. The van der Waals surface area contributed by atoms with Gasteiger partial charge in [-0.05, 0) is 74.7 Å². The van der Waals surface area contributed by atoms with E-state index < -0.39 is 0 Å². The molecule has 0 aliphatic carbocycles. The number of carbonyl (C=O) groups is 1. The number of piperidine rings is 1. The quantitative estimate of drug-likeness (QED) is 0.758. The van der Waals surface area contributed by atoms with Gasteiger partial charge in [-0.1, -0.05) is 0 Å². The summed E-state index contributed by atoms with van der Waals surface area (Å²) in [6, 6.07) is 16.1. The zero-order chi connectivity index (χ0) is 20.8. The summed E-state index contributed by atoms with van der Waals surface area (Å²) < 4.78 is 5.40. The molecule has 0 spiro atoms. The first-order valence-corrected chi connectivity index (χ1v) is 11.0. The number of nitrogens with zero attached hydrogens (tertiary/aromatic N) is 2. The van der Waals surface area contributed by atoms with Crippen molar-refractivity contribution in [3.63, 3.8) is 0 Å². The monoisotopic (exact) mass is 408 g/mol. The molecule has 4 rings (SSSR count). The van der Waals surface area contributed by atoms with Crippen molar-refractivity contribution in [2.45, 2.75) is 32.2 Å². The van der Waals surface area contributed by atoms with Crippen LogP contribution in [-0.2, 0) is 9.53 Å². The first-order valence-electron chi connectivity index (χ1n) is 11.0. The SMILES string of the molecule is CC(Nc1ccc(N2CCCCC2)cc1)C(=O)Nc1ccc(N2CCOCC2)cc1. The van der Waals surface area contributed by atoms with Crippen LogP contribution in [0.1, 0.15) is 26.2 Å². The standard InChI is InChI=1S/C24H32N4O2/c1-19(25-20-5-9-22(10-6-20)27-13-3-2-4-14-27)24(29)26-21-7-11-23(12-8-21)28-15-17-30-18-16-28/h5-12,19,25H,2-4,13-18H2,1H3,(H,26,29). The van der Waals surface area contributed by atoms with Crippen molar-refractivity contribution >= 4 is 28.7 Å². The van der Waals surface area contributed by atoms with Gasteiger partial charge in [0.05, 0.1) is 13.2 Å². The van der Waals surface area contributed by atoms with Crippen molar-refractivity contribution in [2.24, 2.45) is 0 Å². The fourth-order valence-corrected chi connectivity index (χ4v) is 4.06. The summed E-state index contributed by atoms with van der Waals surface area (Å²) in [6.07, 6.45) is 3.87. The molecular formula is C24H32N4O2. The van der Waals surface area contributed by atoms with Crippen molar-refractivity contribution < 1.29 is 9.53 Å². The van der Waals surface area contributed by atoms with Gasteiger partial charge in [0.15, 0.2) is 0 Å². The number of ether oxygens (including phenoxy) is 1. The highest BCUT2D eigenvalue weighted by Gasteiger charge is 2.15. The highest BCUT2D eigenvalue weighted by Crippen LogP contribution is 2.23. The van der Waals surface area contributed by atoms with Crippen molar-refractivity contribution in [1.82, 2.24) is 0 Å². The van der Waals surface area contributed by atoms with Gasteiger partial charge < -0.3 is 25.2 Å². The number of anilines is 4. The summed E-state index contributed by atoms with van der Waals surface area (Å²) in [5, 5.41) is 6.30. The van der Waals surface area contributed by atoms with E-state index in [-0.39, 0.29) is 11.9 Å². The maximum Gasteiger partial charge on any atom is 0.246 e. The molecule has 0 bridgehead atoms. The minimum Gasteiger partial charge on any atom is -0.378 e. The van der Waals surface area contributed by atoms with Gasteiger partial charge in [0.1, 0.15) is 6.04 Å². The average Bonchev–Trinajstić information content (AvgIpc) is 2.81. The van der Waals surface area contributed by atoms with Gasteiger partial charge in [0, 0.05) is 48.9 Å². The summed E-state index contributed by atoms with van der Waals surface area (Å²) >= 11 is 0. The number of rotatable bonds is 6. The maximum absolute atomic E-state index is 12.6. The molecule has 2 aliphatic heterocycles. The highest BCUT2D eigenvalue weighted by molar-refractivity contribution is 5.96. The van der Waals surface area contributed by atoms with E-state index in [2.05, 4.69) is 56.8 Å². The lowest BCUT2D eigenvalue weighted by Crippen LogP contribution is -2.36. The Morgan fingerprint density at radius 3 is 1.93 bits per heavy atom. The third kappa shape index (κ3) is 5.25. The lowest BCUT2D eigenvalue weighted by Gasteiger charge is -2.29. The molecule has 0 aromatic heterocycles. The third-order valence-electron chi connectivity index (χ3n) is 5.88. The van der Waals surface area contributed by atoms with Crippen LogP contribution in [-0.4, -0.2) is 51.3 Å². The number of morpholine rings is 1. The van der Waals surface area contributed by atoms with E-state index in [0.717, 1.165) is 56.5 Å². The topological polar surface area (TPSA) is 56.8 Å². The van der Waals surface area contributed by atoms with Crippen LogP contribution in [0, 0.1) is 0 Å². The molecule has 2 heterocycles. The Bertz CT molecular complexity index is 810. The van der Waals surface area contributed by atoms with Crippen LogP contribution in [0.3, 0.4) is 0 Å². The van der Waals surface area contributed by atoms with Crippen molar-refractivity contribution in [3.05, 3.63) is 48.5 Å². The molecule has 1 unspecified atom stereocenters. The Kier molecular flexibility index (Phi) is 6.74. The molecule has 2 saturated heterocycles. The Labute approximate surface area is 179 Å². The van der Waals surface area contributed by atoms with E-state index in [4.69, 9.17) is 4.74 Å². The predicted molar refractivity (Wildman–Crippen MR) is 124 cm³/mol. The third-order valence-corrected chi connectivity index (χ3v) is 5.88. The number of amides is 1. The molecule has 2 fully saturated rings. The van der Waals surface area contributed by atoms with Crippen molar-refractivity contribution in [3.8, 4) is 0 Å². The first-order chi connectivity index (χ1) is 14.7. The second-order valence-corrected chi connectivity index (χ2v) is 8.10. The van der Waals surface area contributed by atoms with Crippen LogP contribution in [0.5, 0.6) is 0 Å². The van der Waals surface area contributed by atoms with Crippen LogP contribution < -0.4 is 20.4 Å². The van der Waals surface area contributed by atoms with Gasteiger partial charge >= 0.3 is 0 Å². The van der Waals surface area contributed by atoms with E-state index in [1.54, 1.807) is 0 Å². The fourth-order valence-electron chi connectivity index (χ4n) is 4.06. The minimum absolute atomic E-state index is 0.0470. The van der Waals surface area contributed by atoms with E-state index in [1.807, 2.05) is 19.1 Å². The smallest absolute Gasteiger partial charge is 0.246 e. The van der Waals surface area contributed by atoms with E-state index in [9.17, 15) is 4.79 Å².